The van der Waals surface area contributed by atoms with Crippen LogP contribution in [0.3, 0.4) is 0 Å². The number of hydrogen-bond donors (Lipinski definition) is 3. The highest BCUT2D eigenvalue weighted by Crippen LogP contribution is 2.34. The van der Waals surface area contributed by atoms with Crippen molar-refractivity contribution in [1.82, 2.24) is 14.8 Å². The first-order valence-electron chi connectivity index (χ1n) is 9.43. The number of thiophene rings is 1. The maximum absolute atomic E-state index is 13.1. The van der Waals surface area contributed by atoms with E-state index in [1.54, 1.807) is 10.9 Å². The van der Waals surface area contributed by atoms with E-state index in [0.717, 1.165) is 48.6 Å². The van der Waals surface area contributed by atoms with Crippen LogP contribution in [0.5, 0.6) is 0 Å². The quantitative estimate of drug-likeness (QED) is 0.623. The normalized spacial score (nSPS) is 17.7. The van der Waals surface area contributed by atoms with Crippen LogP contribution in [0.1, 0.15) is 35.3 Å². The van der Waals surface area contributed by atoms with Crippen LogP contribution in [0, 0.1) is 6.92 Å². The van der Waals surface area contributed by atoms with E-state index in [0.29, 0.717) is 21.8 Å². The average molecular weight is 400 g/mol. The highest BCUT2D eigenvalue weighted by molar-refractivity contribution is 7.23. The first-order valence-corrected chi connectivity index (χ1v) is 10.2. The number of aryl methyl sites for hydroxylation is 2. The molecule has 0 saturated carbocycles. The molecule has 0 aliphatic carbocycles. The Balaban J connectivity index is 1.65. The number of aromatic nitrogens is 3. The molecule has 9 heteroatoms. The predicted molar refractivity (Wildman–Crippen MR) is 114 cm³/mol. The third kappa shape index (κ3) is 3.43. The van der Waals surface area contributed by atoms with E-state index in [4.69, 9.17) is 11.5 Å². The molecule has 1 fully saturated rings. The molecule has 1 aliphatic rings. The summed E-state index contributed by atoms with van der Waals surface area (Å²) in [7, 11) is 1.88. The van der Waals surface area contributed by atoms with Gasteiger partial charge in [0.15, 0.2) is 5.82 Å². The molecule has 1 amide bonds. The number of nitrogens with one attached hydrogen (secondary N) is 1. The second-order valence-corrected chi connectivity index (χ2v) is 8.36. The zero-order valence-corrected chi connectivity index (χ0v) is 16.9. The molecule has 5 N–H and O–H groups in total. The van der Waals surface area contributed by atoms with Crippen molar-refractivity contribution in [2.45, 2.75) is 32.2 Å². The molecule has 148 valence electrons. The van der Waals surface area contributed by atoms with Crippen LogP contribution in [0.25, 0.3) is 10.2 Å². The van der Waals surface area contributed by atoms with Crippen molar-refractivity contribution in [3.8, 4) is 0 Å². The van der Waals surface area contributed by atoms with Gasteiger partial charge in [0.25, 0.3) is 5.91 Å². The summed E-state index contributed by atoms with van der Waals surface area (Å²) >= 11 is 1.38. The number of carbonyl (C=O) groups excluding carboxylic acids is 1. The molecule has 1 atom stereocenters. The van der Waals surface area contributed by atoms with Gasteiger partial charge in [-0.15, -0.1) is 11.3 Å². The fourth-order valence-corrected chi connectivity index (χ4v) is 4.63. The summed E-state index contributed by atoms with van der Waals surface area (Å²) < 4.78 is 2.70. The molecule has 8 nitrogen and oxygen atoms in total. The summed E-state index contributed by atoms with van der Waals surface area (Å²) in [6, 6.07) is 4.09. The minimum Gasteiger partial charge on any atom is -0.390 e. The largest absolute Gasteiger partial charge is 0.390 e. The van der Waals surface area contributed by atoms with Crippen molar-refractivity contribution >= 4 is 44.0 Å². The molecule has 1 unspecified atom stereocenters. The molecule has 3 aromatic rings. The van der Waals surface area contributed by atoms with Crippen molar-refractivity contribution in [2.24, 2.45) is 12.8 Å². The van der Waals surface area contributed by atoms with Crippen LogP contribution in [0.4, 0.5) is 16.5 Å². The Kier molecular flexibility index (Phi) is 4.94. The van der Waals surface area contributed by atoms with Crippen LogP contribution < -0.4 is 21.7 Å². The Morgan fingerprint density at radius 2 is 2.14 bits per heavy atom. The number of nitrogens with two attached hydrogens (primary N) is 2. The number of carbonyl (C=O) groups is 1. The van der Waals surface area contributed by atoms with Crippen LogP contribution >= 0.6 is 11.3 Å². The van der Waals surface area contributed by atoms with Gasteiger partial charge in [0.05, 0.1) is 16.4 Å². The summed E-state index contributed by atoms with van der Waals surface area (Å²) in [5.41, 5.74) is 14.9. The van der Waals surface area contributed by atoms with E-state index >= 15 is 0 Å². The van der Waals surface area contributed by atoms with Gasteiger partial charge in [-0.3, -0.25) is 14.5 Å². The molecule has 4 rings (SSSR count). The lowest BCUT2D eigenvalue weighted by atomic mass is 10.1. The SMILES string of the molecule is Cc1ccc2sc(N)c(C(=O)Nc3cnn(C)c3N3CCCC(N)CC3)c2n1. The number of nitrogens with zero attached hydrogens (tertiary/aromatic N) is 4. The van der Waals surface area contributed by atoms with Crippen LogP contribution in [-0.4, -0.2) is 39.8 Å². The molecule has 1 aliphatic heterocycles. The van der Waals surface area contributed by atoms with E-state index < -0.39 is 0 Å². The summed E-state index contributed by atoms with van der Waals surface area (Å²) in [6.07, 6.45) is 4.63. The minimum absolute atomic E-state index is 0.225. The zero-order chi connectivity index (χ0) is 19.8. The van der Waals surface area contributed by atoms with Crippen LogP contribution in [0.2, 0.25) is 0 Å². The van der Waals surface area contributed by atoms with Crippen molar-refractivity contribution in [2.75, 3.05) is 29.0 Å². The molecule has 3 aromatic heterocycles. The number of pyridine rings is 1. The summed E-state index contributed by atoms with van der Waals surface area (Å²) in [5, 5.41) is 7.84. The first-order chi connectivity index (χ1) is 13.4. The highest BCUT2D eigenvalue weighted by atomic mass is 32.1. The fourth-order valence-electron chi connectivity index (χ4n) is 3.72. The number of anilines is 3. The summed E-state index contributed by atoms with van der Waals surface area (Å²) in [4.78, 5) is 19.9. The van der Waals surface area contributed by atoms with Gasteiger partial charge in [-0.1, -0.05) is 0 Å². The Morgan fingerprint density at radius 1 is 1.32 bits per heavy atom. The van der Waals surface area contributed by atoms with Crippen molar-refractivity contribution in [3.05, 3.63) is 29.6 Å². The standard InChI is InChI=1S/C19H25N7OS/c1-11-5-6-14-16(23-11)15(17(21)28-14)18(27)24-13-10-22-25(2)19(13)26-8-3-4-12(20)7-9-26/h5-6,10,12H,3-4,7-9,20-21H2,1-2H3,(H,24,27). The topological polar surface area (TPSA) is 115 Å². The first kappa shape index (κ1) is 18.7. The Hall–Kier alpha value is -2.65. The van der Waals surface area contributed by atoms with Gasteiger partial charge >= 0.3 is 0 Å². The van der Waals surface area contributed by atoms with Gasteiger partial charge in [-0.25, -0.2) is 0 Å². The fraction of sp³-hybridized carbons (Fsp3) is 0.421. The number of nitrogen functional groups attached to an aromatic ring is 1. The van der Waals surface area contributed by atoms with E-state index in [2.05, 4.69) is 20.3 Å². The molecule has 0 radical (unpaired) electrons. The number of rotatable bonds is 3. The Bertz CT molecular complexity index is 1020. The van der Waals surface area contributed by atoms with Crippen molar-refractivity contribution in [1.29, 1.82) is 0 Å². The summed E-state index contributed by atoms with van der Waals surface area (Å²) in [6.45, 7) is 3.63. The van der Waals surface area contributed by atoms with Crippen LogP contribution in [0.15, 0.2) is 18.3 Å². The molecule has 4 heterocycles. The van der Waals surface area contributed by atoms with E-state index in [1.807, 2.05) is 26.1 Å². The van der Waals surface area contributed by atoms with Crippen molar-refractivity contribution in [3.63, 3.8) is 0 Å². The Labute approximate surface area is 167 Å². The highest BCUT2D eigenvalue weighted by Gasteiger charge is 2.24. The zero-order valence-electron chi connectivity index (χ0n) is 16.1. The van der Waals surface area contributed by atoms with E-state index in [1.165, 1.54) is 11.3 Å². The van der Waals surface area contributed by atoms with Gasteiger partial charge in [0.1, 0.15) is 16.3 Å². The van der Waals surface area contributed by atoms with Gasteiger partial charge in [-0.2, -0.15) is 5.10 Å². The van der Waals surface area contributed by atoms with E-state index in [-0.39, 0.29) is 11.9 Å². The molecule has 28 heavy (non-hydrogen) atoms. The summed E-state index contributed by atoms with van der Waals surface area (Å²) in [5.74, 6) is 0.632. The molecule has 1 saturated heterocycles. The molecule has 0 bridgehead atoms. The lowest BCUT2D eigenvalue weighted by Crippen LogP contribution is -2.29. The van der Waals surface area contributed by atoms with Crippen LogP contribution in [-0.2, 0) is 7.05 Å². The molecular formula is C19H25N7OS. The predicted octanol–water partition coefficient (Wildman–Crippen LogP) is 2.49. The van der Waals surface area contributed by atoms with Crippen molar-refractivity contribution < 1.29 is 4.79 Å². The van der Waals surface area contributed by atoms with Gasteiger partial charge < -0.3 is 21.7 Å². The lowest BCUT2D eigenvalue weighted by Gasteiger charge is -2.24. The maximum atomic E-state index is 13.1. The van der Waals surface area contributed by atoms with Gasteiger partial charge in [0, 0.05) is 31.9 Å². The third-order valence-electron chi connectivity index (χ3n) is 5.16. The van der Waals surface area contributed by atoms with Gasteiger partial charge in [0.2, 0.25) is 0 Å². The Morgan fingerprint density at radius 3 is 2.96 bits per heavy atom. The minimum atomic E-state index is -0.261. The second-order valence-electron chi connectivity index (χ2n) is 7.28. The average Bonchev–Trinajstić information content (AvgIpc) is 3.07. The monoisotopic (exact) mass is 399 g/mol. The number of amides is 1. The van der Waals surface area contributed by atoms with Gasteiger partial charge in [-0.05, 0) is 38.3 Å². The van der Waals surface area contributed by atoms with E-state index in [9.17, 15) is 4.79 Å². The maximum Gasteiger partial charge on any atom is 0.261 e. The lowest BCUT2D eigenvalue weighted by molar-refractivity contribution is 0.102. The smallest absolute Gasteiger partial charge is 0.261 e. The molecular weight excluding hydrogens is 374 g/mol. The number of fused-ring (bicyclic) bond motifs is 1. The second kappa shape index (κ2) is 7.40. The molecule has 0 spiro atoms. The third-order valence-corrected chi connectivity index (χ3v) is 6.13. The molecule has 0 aromatic carbocycles. The number of hydrogen-bond acceptors (Lipinski definition) is 7.